The van der Waals surface area contributed by atoms with Gasteiger partial charge < -0.3 is 9.13 Å². The Balaban J connectivity index is 1.22. The topological polar surface area (TPSA) is 57.4 Å². The zero-order valence-corrected chi connectivity index (χ0v) is 27.0. The van der Waals surface area contributed by atoms with Gasteiger partial charge in [0, 0.05) is 33.1 Å². The van der Waals surface area contributed by atoms with Crippen LogP contribution in [0.2, 0.25) is 0 Å². The van der Waals surface area contributed by atoms with E-state index in [0.717, 1.165) is 69.5 Å². The lowest BCUT2D eigenvalue weighted by atomic mass is 9.82. The highest BCUT2D eigenvalue weighted by Crippen LogP contribution is 2.43. The molecule has 232 valence electrons. The molecule has 2 aliphatic rings. The molecule has 0 aliphatic heterocycles. The van der Waals surface area contributed by atoms with Crippen LogP contribution in [0.5, 0.6) is 0 Å². The Kier molecular flexibility index (Phi) is 6.89. The monoisotopic (exact) mass is 628 g/mol. The number of nitriles is 2. The first-order valence-electron chi connectivity index (χ1n) is 17.0. The van der Waals surface area contributed by atoms with E-state index in [2.05, 4.69) is 149 Å². The molecule has 0 saturated carbocycles. The zero-order chi connectivity index (χ0) is 32.9. The Bertz CT molecular complexity index is 2570. The van der Waals surface area contributed by atoms with E-state index in [-0.39, 0.29) is 5.92 Å². The number of aryl methyl sites for hydroxylation is 1. The second kappa shape index (κ2) is 11.7. The van der Waals surface area contributed by atoms with Gasteiger partial charge in [-0.15, -0.1) is 0 Å². The maximum absolute atomic E-state index is 10.6. The number of fused-ring (bicyclic) bond motifs is 6. The lowest BCUT2D eigenvalue weighted by molar-refractivity contribution is 0.843. The van der Waals surface area contributed by atoms with Gasteiger partial charge in [-0.3, -0.25) is 0 Å². The zero-order valence-electron chi connectivity index (χ0n) is 27.0. The summed E-state index contributed by atoms with van der Waals surface area (Å²) in [5.41, 5.74) is 12.6. The Hall–Kier alpha value is -6.36. The quantitative estimate of drug-likeness (QED) is 0.195. The predicted molar refractivity (Wildman–Crippen MR) is 200 cm³/mol. The van der Waals surface area contributed by atoms with Crippen molar-refractivity contribution >= 4 is 49.9 Å². The van der Waals surface area contributed by atoms with Crippen LogP contribution in [0, 0.1) is 28.6 Å². The molecule has 0 bridgehead atoms. The molecule has 4 nitrogen and oxygen atoms in total. The molecule has 5 aromatic carbocycles. The predicted octanol–water partition coefficient (Wildman–Crippen LogP) is 11.0. The molecule has 2 aliphatic carbocycles. The lowest BCUT2D eigenvalue weighted by Gasteiger charge is -2.24. The standard InChI is InChI=1S/C45H32N4/c46-28-30-21-26-38(39(27-30)31-22-24-33(25-23-31)48-40-17-7-4-13-34(40)35-14-5-8-18-41(35)48)45-32(29-47)11-10-20-44(45)49-42-16-3-1-2-12-36(42)37-15-6-9-19-43(37)49/h3-11,13-20,22-27,30H,1-2,12,21H2. The summed E-state index contributed by atoms with van der Waals surface area (Å²) in [5, 5.41) is 24.4. The third-order valence-corrected chi connectivity index (χ3v) is 10.2. The van der Waals surface area contributed by atoms with Crippen LogP contribution in [0.25, 0.3) is 61.3 Å². The van der Waals surface area contributed by atoms with Crippen molar-refractivity contribution in [2.75, 3.05) is 0 Å². The first-order valence-corrected chi connectivity index (χ1v) is 17.0. The van der Waals surface area contributed by atoms with Gasteiger partial charge in [-0.05, 0) is 96.5 Å². The Morgan fingerprint density at radius 3 is 2.02 bits per heavy atom. The SMILES string of the molecule is N#Cc1cccc(-n2c3c(c4ccccc42)CCCC=C3)c1C1=CCC(C#N)C=C1c1ccc(-n2c3ccccc3c3ccccc32)cc1. The van der Waals surface area contributed by atoms with E-state index in [4.69, 9.17) is 0 Å². The second-order valence-corrected chi connectivity index (χ2v) is 12.9. The van der Waals surface area contributed by atoms with Gasteiger partial charge in [-0.25, -0.2) is 0 Å². The van der Waals surface area contributed by atoms with Crippen LogP contribution < -0.4 is 0 Å². The van der Waals surface area contributed by atoms with Crippen molar-refractivity contribution in [3.8, 4) is 23.5 Å². The minimum Gasteiger partial charge on any atom is -0.309 e. The fourth-order valence-electron chi connectivity index (χ4n) is 8.00. The molecule has 9 rings (SSSR count). The number of rotatable bonds is 4. The smallest absolute Gasteiger partial charge is 0.0998 e. The Labute approximate surface area is 285 Å². The van der Waals surface area contributed by atoms with E-state index >= 15 is 0 Å². The highest BCUT2D eigenvalue weighted by Gasteiger charge is 2.26. The van der Waals surface area contributed by atoms with Crippen LogP contribution >= 0.6 is 0 Å². The van der Waals surface area contributed by atoms with Crippen molar-refractivity contribution in [3.05, 3.63) is 161 Å². The molecule has 1 atom stereocenters. The normalized spacial score (nSPS) is 15.8. The van der Waals surface area contributed by atoms with Crippen LogP contribution in [-0.4, -0.2) is 9.13 Å². The lowest BCUT2D eigenvalue weighted by Crippen LogP contribution is -2.08. The van der Waals surface area contributed by atoms with Gasteiger partial charge in [0.25, 0.3) is 0 Å². The molecule has 2 aromatic heterocycles. The minimum atomic E-state index is -0.250. The van der Waals surface area contributed by atoms with Crippen molar-refractivity contribution in [2.45, 2.75) is 25.7 Å². The van der Waals surface area contributed by atoms with Gasteiger partial charge in [-0.1, -0.05) is 91.0 Å². The third kappa shape index (κ3) is 4.57. The van der Waals surface area contributed by atoms with Gasteiger partial charge in [-0.2, -0.15) is 10.5 Å². The third-order valence-electron chi connectivity index (χ3n) is 10.2. The molecule has 49 heavy (non-hydrogen) atoms. The van der Waals surface area contributed by atoms with Crippen molar-refractivity contribution in [1.29, 1.82) is 10.5 Å². The largest absolute Gasteiger partial charge is 0.309 e. The molecule has 7 aromatic rings. The highest BCUT2D eigenvalue weighted by atomic mass is 15.0. The summed E-state index contributed by atoms with van der Waals surface area (Å²) in [7, 11) is 0. The molecule has 0 fully saturated rings. The van der Waals surface area contributed by atoms with Crippen LogP contribution in [0.3, 0.4) is 0 Å². The van der Waals surface area contributed by atoms with Crippen molar-refractivity contribution < 1.29 is 0 Å². The van der Waals surface area contributed by atoms with E-state index < -0.39 is 0 Å². The summed E-state index contributed by atoms with van der Waals surface area (Å²) in [6.45, 7) is 0. The van der Waals surface area contributed by atoms with E-state index in [1.54, 1.807) is 0 Å². The average Bonchev–Trinajstić information content (AvgIpc) is 3.54. The molecule has 4 heteroatoms. The summed E-state index contributed by atoms with van der Waals surface area (Å²) < 4.78 is 4.67. The van der Waals surface area contributed by atoms with Gasteiger partial charge in [0.15, 0.2) is 0 Å². The maximum atomic E-state index is 10.6. The number of allylic oxidation sites excluding steroid dienone is 5. The number of aromatic nitrogens is 2. The molecular weight excluding hydrogens is 597 g/mol. The van der Waals surface area contributed by atoms with Gasteiger partial charge >= 0.3 is 0 Å². The fraction of sp³-hybridized carbons (Fsp3) is 0.111. The Morgan fingerprint density at radius 2 is 1.33 bits per heavy atom. The second-order valence-electron chi connectivity index (χ2n) is 12.9. The van der Waals surface area contributed by atoms with Crippen molar-refractivity contribution in [1.82, 2.24) is 9.13 Å². The number of hydrogen-bond acceptors (Lipinski definition) is 2. The van der Waals surface area contributed by atoms with Crippen LogP contribution in [0.1, 0.15) is 47.2 Å². The summed E-state index contributed by atoms with van der Waals surface area (Å²) in [5.74, 6) is -0.250. The molecule has 0 saturated heterocycles. The first kappa shape index (κ1) is 28.8. The number of benzene rings is 5. The van der Waals surface area contributed by atoms with Crippen LogP contribution in [-0.2, 0) is 6.42 Å². The van der Waals surface area contributed by atoms with Crippen molar-refractivity contribution in [2.24, 2.45) is 5.92 Å². The molecule has 0 amide bonds. The number of nitrogens with zero attached hydrogens (tertiary/aromatic N) is 4. The van der Waals surface area contributed by atoms with Gasteiger partial charge in [0.2, 0.25) is 0 Å². The van der Waals surface area contributed by atoms with Crippen LogP contribution in [0.4, 0.5) is 0 Å². The number of para-hydroxylation sites is 3. The molecule has 1 unspecified atom stereocenters. The molecule has 0 spiro atoms. The fourth-order valence-corrected chi connectivity index (χ4v) is 8.00. The minimum absolute atomic E-state index is 0.250. The van der Waals surface area contributed by atoms with E-state index in [1.807, 2.05) is 12.1 Å². The number of hydrogen-bond donors (Lipinski definition) is 0. The highest BCUT2D eigenvalue weighted by molar-refractivity contribution is 6.10. The Morgan fingerprint density at radius 1 is 0.653 bits per heavy atom. The molecule has 0 radical (unpaired) electrons. The van der Waals surface area contributed by atoms with Crippen molar-refractivity contribution in [3.63, 3.8) is 0 Å². The average molecular weight is 629 g/mol. The van der Waals surface area contributed by atoms with Gasteiger partial charge in [0.1, 0.15) is 0 Å². The molecule has 0 N–H and O–H groups in total. The molecular formula is C45H32N4. The van der Waals surface area contributed by atoms with Crippen LogP contribution in [0.15, 0.2) is 133 Å². The first-order chi connectivity index (χ1) is 24.2. The maximum Gasteiger partial charge on any atom is 0.0998 e. The van der Waals surface area contributed by atoms with Gasteiger partial charge in [0.05, 0.1) is 45.9 Å². The molecule has 2 heterocycles. The summed E-state index contributed by atoms with van der Waals surface area (Å²) in [4.78, 5) is 0. The summed E-state index contributed by atoms with van der Waals surface area (Å²) in [6.07, 6.45) is 12.6. The van der Waals surface area contributed by atoms with E-state index in [9.17, 15) is 10.5 Å². The summed E-state index contributed by atoms with van der Waals surface area (Å²) >= 11 is 0. The van der Waals surface area contributed by atoms with E-state index in [1.165, 1.54) is 27.4 Å². The summed E-state index contributed by atoms with van der Waals surface area (Å²) in [6, 6.07) is 45.4. The van der Waals surface area contributed by atoms with E-state index in [0.29, 0.717) is 12.0 Å².